The zero-order valence-corrected chi connectivity index (χ0v) is 39.6. The quantitative estimate of drug-likeness (QED) is 0.175. The van der Waals surface area contributed by atoms with Gasteiger partial charge in [-0.2, -0.15) is 0 Å². The van der Waals surface area contributed by atoms with Crippen LogP contribution in [-0.2, 0) is 21.7 Å². The summed E-state index contributed by atoms with van der Waals surface area (Å²) in [4.78, 5) is 5.04. The minimum absolute atomic E-state index is 0.0519. The first-order chi connectivity index (χ1) is 32.5. The smallest absolute Gasteiger partial charge is 0.156 e. The summed E-state index contributed by atoms with van der Waals surface area (Å²) in [5.41, 5.74) is 19.9. The van der Waals surface area contributed by atoms with Crippen molar-refractivity contribution in [2.75, 3.05) is 4.90 Å². The minimum atomic E-state index is -0.646. The van der Waals surface area contributed by atoms with Gasteiger partial charge in [-0.3, -0.25) is 0 Å². The summed E-state index contributed by atoms with van der Waals surface area (Å²) >= 11 is 1.88. The Kier molecular flexibility index (Phi) is 8.54. The largest absolute Gasteiger partial charge is 0.454 e. The molecule has 0 unspecified atom stereocenters. The summed E-state index contributed by atoms with van der Waals surface area (Å²) in [5, 5.41) is 0. The lowest BCUT2D eigenvalue weighted by Crippen LogP contribution is -2.33. The fraction of sp³-hybridized carbons (Fsp3) is 0.156. The molecule has 67 heavy (non-hydrogen) atoms. The van der Waals surface area contributed by atoms with Crippen molar-refractivity contribution < 1.29 is 4.74 Å². The zero-order valence-electron chi connectivity index (χ0n) is 38.8. The van der Waals surface area contributed by atoms with Gasteiger partial charge in [-0.15, -0.1) is 0 Å². The van der Waals surface area contributed by atoms with Crippen LogP contribution in [0.5, 0.6) is 11.5 Å². The summed E-state index contributed by atoms with van der Waals surface area (Å²) < 4.78 is 7.45. The van der Waals surface area contributed by atoms with Crippen LogP contribution in [0.15, 0.2) is 210 Å². The molecule has 0 radical (unpaired) electrons. The standard InChI is InChI=1S/C64H51NOS/c1-61(2,3)40-31-34-45-46-35-32-41(62(4,5)6)38-54(46)64(53(45)37-40)49-23-12-15-28-57(49)66-60-52(64)26-18-27-56(60)65(42-19-8-7-9-20-42)43-33-36-47-44-21-10-11-22-48(44)63(55(47)39-43)50-24-13-16-29-58(50)67-59-30-17-14-25-51(59)63/h7-39H,1-6H3. The van der Waals surface area contributed by atoms with Crippen molar-refractivity contribution in [2.24, 2.45) is 0 Å². The van der Waals surface area contributed by atoms with Crippen LogP contribution in [-0.4, -0.2) is 0 Å². The topological polar surface area (TPSA) is 12.5 Å². The van der Waals surface area contributed by atoms with Crippen molar-refractivity contribution in [3.63, 3.8) is 0 Å². The number of para-hydroxylation sites is 3. The molecule has 2 aliphatic carbocycles. The van der Waals surface area contributed by atoms with Crippen LogP contribution in [0.4, 0.5) is 17.1 Å². The molecule has 9 aromatic carbocycles. The van der Waals surface area contributed by atoms with Crippen molar-refractivity contribution in [3.8, 4) is 33.8 Å². The van der Waals surface area contributed by atoms with Crippen molar-refractivity contribution in [3.05, 3.63) is 256 Å². The zero-order chi connectivity index (χ0) is 45.5. The number of fused-ring (bicyclic) bond motifs is 18. The van der Waals surface area contributed by atoms with Gasteiger partial charge in [0.2, 0.25) is 0 Å². The second-order valence-electron chi connectivity index (χ2n) is 20.8. The molecule has 0 fully saturated rings. The molecule has 0 amide bonds. The lowest BCUT2D eigenvalue weighted by atomic mass is 9.64. The van der Waals surface area contributed by atoms with Crippen LogP contribution in [0.25, 0.3) is 22.3 Å². The Morgan fingerprint density at radius 3 is 1.48 bits per heavy atom. The fourth-order valence-electron chi connectivity index (χ4n) is 12.0. The minimum Gasteiger partial charge on any atom is -0.454 e. The Morgan fingerprint density at radius 1 is 0.373 bits per heavy atom. The van der Waals surface area contributed by atoms with Gasteiger partial charge in [-0.1, -0.05) is 205 Å². The molecule has 2 heterocycles. The van der Waals surface area contributed by atoms with Crippen molar-refractivity contribution >= 4 is 28.8 Å². The highest BCUT2D eigenvalue weighted by atomic mass is 32.2. The number of hydrogen-bond acceptors (Lipinski definition) is 3. The summed E-state index contributed by atoms with van der Waals surface area (Å²) in [6, 6.07) is 75.4. The number of ether oxygens (including phenoxy) is 1. The van der Waals surface area contributed by atoms with Crippen LogP contribution in [0.1, 0.15) is 97.2 Å². The van der Waals surface area contributed by atoms with E-state index >= 15 is 0 Å². The van der Waals surface area contributed by atoms with E-state index in [-0.39, 0.29) is 10.8 Å². The molecule has 4 aliphatic rings. The number of rotatable bonds is 3. The maximum absolute atomic E-state index is 7.45. The molecular weight excluding hydrogens is 831 g/mol. The Balaban J connectivity index is 1.11. The van der Waals surface area contributed by atoms with E-state index in [2.05, 4.69) is 247 Å². The number of benzene rings is 9. The molecule has 2 spiro atoms. The summed E-state index contributed by atoms with van der Waals surface area (Å²) in [6.07, 6.45) is 0. The average Bonchev–Trinajstić information content (AvgIpc) is 3.79. The van der Waals surface area contributed by atoms with E-state index in [9.17, 15) is 0 Å². The Hall–Kier alpha value is -7.07. The fourth-order valence-corrected chi connectivity index (χ4v) is 13.2. The molecule has 2 nitrogen and oxygen atoms in total. The summed E-state index contributed by atoms with van der Waals surface area (Å²) in [7, 11) is 0. The maximum Gasteiger partial charge on any atom is 0.156 e. The molecule has 9 aromatic rings. The van der Waals surface area contributed by atoms with Gasteiger partial charge >= 0.3 is 0 Å². The number of hydrogen-bond donors (Lipinski definition) is 0. The van der Waals surface area contributed by atoms with Gasteiger partial charge in [-0.05, 0) is 126 Å². The van der Waals surface area contributed by atoms with E-state index in [1.54, 1.807) is 0 Å². The number of nitrogens with zero attached hydrogens (tertiary/aromatic N) is 1. The van der Waals surface area contributed by atoms with Crippen LogP contribution >= 0.6 is 11.8 Å². The molecule has 0 atom stereocenters. The van der Waals surface area contributed by atoms with E-state index < -0.39 is 10.8 Å². The third-order valence-corrected chi connectivity index (χ3v) is 16.3. The first-order valence-corrected chi connectivity index (χ1v) is 24.5. The van der Waals surface area contributed by atoms with E-state index in [1.165, 1.54) is 82.1 Å². The lowest BCUT2D eigenvalue weighted by Gasteiger charge is -2.42. The monoisotopic (exact) mass is 881 g/mol. The van der Waals surface area contributed by atoms with Gasteiger partial charge in [0.1, 0.15) is 5.75 Å². The number of anilines is 3. The van der Waals surface area contributed by atoms with Gasteiger partial charge in [0.25, 0.3) is 0 Å². The van der Waals surface area contributed by atoms with E-state index in [0.29, 0.717) is 0 Å². The Bertz CT molecular complexity index is 3400. The molecular formula is C64H51NOS. The molecule has 0 aromatic heterocycles. The highest BCUT2D eigenvalue weighted by Gasteiger charge is 2.53. The second kappa shape index (κ2) is 14.2. The first-order valence-electron chi connectivity index (χ1n) is 23.7. The Labute approximate surface area is 399 Å². The van der Waals surface area contributed by atoms with Gasteiger partial charge in [-0.25, -0.2) is 0 Å². The molecule has 0 N–H and O–H groups in total. The van der Waals surface area contributed by atoms with E-state index in [0.717, 1.165) is 34.1 Å². The molecule has 2 aliphatic heterocycles. The van der Waals surface area contributed by atoms with E-state index in [4.69, 9.17) is 4.74 Å². The summed E-state index contributed by atoms with van der Waals surface area (Å²) in [6.45, 7) is 13.9. The predicted molar refractivity (Wildman–Crippen MR) is 277 cm³/mol. The SMILES string of the molecule is CC(C)(C)c1ccc2c(c1)C1(c3ccccc3Oc3c(N(c4ccccc4)c4ccc5c(c4)C4(c6ccccc6Sc6ccccc64)c4ccccc4-5)cccc31)c1cc(C(C)(C)C)ccc1-2. The third-order valence-electron chi connectivity index (χ3n) is 15.1. The van der Waals surface area contributed by atoms with Crippen molar-refractivity contribution in [1.29, 1.82) is 0 Å². The van der Waals surface area contributed by atoms with E-state index in [1.807, 2.05) is 11.8 Å². The second-order valence-corrected chi connectivity index (χ2v) is 21.9. The van der Waals surface area contributed by atoms with Gasteiger partial charge < -0.3 is 9.64 Å². The van der Waals surface area contributed by atoms with Crippen molar-refractivity contribution in [1.82, 2.24) is 0 Å². The van der Waals surface area contributed by atoms with Gasteiger partial charge in [0.15, 0.2) is 5.75 Å². The lowest BCUT2D eigenvalue weighted by molar-refractivity contribution is 0.437. The molecule has 0 saturated heterocycles. The van der Waals surface area contributed by atoms with Crippen LogP contribution < -0.4 is 9.64 Å². The molecule has 13 rings (SSSR count). The average molecular weight is 882 g/mol. The predicted octanol–water partition coefficient (Wildman–Crippen LogP) is 17.0. The molecule has 324 valence electrons. The maximum atomic E-state index is 7.45. The molecule has 0 saturated carbocycles. The van der Waals surface area contributed by atoms with Gasteiger partial charge in [0.05, 0.1) is 16.5 Å². The molecule has 0 bridgehead atoms. The third kappa shape index (κ3) is 5.52. The highest BCUT2D eigenvalue weighted by Crippen LogP contribution is 2.66. The normalized spacial score (nSPS) is 15.0. The highest BCUT2D eigenvalue weighted by molar-refractivity contribution is 7.99. The van der Waals surface area contributed by atoms with Crippen LogP contribution in [0.2, 0.25) is 0 Å². The molecule has 3 heteroatoms. The Morgan fingerprint density at radius 2 is 0.851 bits per heavy atom. The van der Waals surface area contributed by atoms with Gasteiger partial charge in [0, 0.05) is 32.3 Å². The van der Waals surface area contributed by atoms with Crippen molar-refractivity contribution in [2.45, 2.75) is 73.0 Å². The first kappa shape index (κ1) is 40.2. The van der Waals surface area contributed by atoms with Crippen LogP contribution in [0.3, 0.4) is 0 Å². The summed E-state index contributed by atoms with van der Waals surface area (Å²) in [5.74, 6) is 1.75. The van der Waals surface area contributed by atoms with Crippen LogP contribution in [0, 0.1) is 0 Å².